The van der Waals surface area contributed by atoms with E-state index in [1.54, 1.807) is 0 Å². The molecule has 3 rings (SSSR count). The van der Waals surface area contributed by atoms with Crippen LogP contribution in [0, 0.1) is 0 Å². The maximum absolute atomic E-state index is 5.76. The Morgan fingerprint density at radius 2 is 2.05 bits per heavy atom. The molecule has 0 amide bonds. The highest BCUT2D eigenvalue weighted by molar-refractivity contribution is 7.13. The Hall–Kier alpha value is -1.88. The Morgan fingerprint density at radius 1 is 1.25 bits per heavy atom. The number of rotatable bonds is 2. The molecule has 0 saturated carbocycles. The first-order valence-electron chi connectivity index (χ1n) is 6.51. The van der Waals surface area contributed by atoms with E-state index in [4.69, 9.17) is 10.2 Å². The average Bonchev–Trinajstić information content (AvgIpc) is 2.93. The van der Waals surface area contributed by atoms with Crippen molar-refractivity contribution in [2.45, 2.75) is 32.6 Å². The van der Waals surface area contributed by atoms with E-state index < -0.39 is 0 Å². The molecule has 4 nitrogen and oxygen atoms in total. The monoisotopic (exact) mass is 287 g/mol. The minimum atomic E-state index is 0.108. The Labute approximate surface area is 121 Å². The predicted molar refractivity (Wildman–Crippen MR) is 82.0 cm³/mol. The fourth-order valence-electron chi connectivity index (χ4n) is 2.08. The van der Waals surface area contributed by atoms with Crippen LogP contribution in [0.1, 0.15) is 37.9 Å². The maximum Gasteiger partial charge on any atom is 0.201 e. The van der Waals surface area contributed by atoms with Crippen LogP contribution in [0.4, 0.5) is 5.13 Å². The topological polar surface area (TPSA) is 64.9 Å². The SMILES string of the molecule is CC(C)(C)c1ccc2oc(Cc3csc(N)n3)nc2c1. The van der Waals surface area contributed by atoms with Gasteiger partial charge in [-0.15, -0.1) is 11.3 Å². The van der Waals surface area contributed by atoms with Crippen molar-refractivity contribution in [3.05, 3.63) is 40.7 Å². The van der Waals surface area contributed by atoms with Crippen LogP contribution in [0.15, 0.2) is 28.0 Å². The zero-order valence-corrected chi connectivity index (χ0v) is 12.6. The van der Waals surface area contributed by atoms with Gasteiger partial charge in [0, 0.05) is 5.38 Å². The lowest BCUT2D eigenvalue weighted by Gasteiger charge is -2.18. The fraction of sp³-hybridized carbons (Fsp3) is 0.333. The number of hydrogen-bond donors (Lipinski definition) is 1. The van der Waals surface area contributed by atoms with Crippen molar-refractivity contribution in [3.8, 4) is 0 Å². The Bertz CT molecular complexity index is 752. The minimum Gasteiger partial charge on any atom is -0.440 e. The molecule has 1 aromatic carbocycles. The number of hydrogen-bond acceptors (Lipinski definition) is 5. The van der Waals surface area contributed by atoms with Crippen molar-refractivity contribution in [1.29, 1.82) is 0 Å². The molecule has 0 fully saturated rings. The number of benzene rings is 1. The number of oxazole rings is 1. The largest absolute Gasteiger partial charge is 0.440 e. The average molecular weight is 287 g/mol. The van der Waals surface area contributed by atoms with Crippen LogP contribution in [0.25, 0.3) is 11.1 Å². The van der Waals surface area contributed by atoms with Crippen molar-refractivity contribution >= 4 is 27.6 Å². The number of nitrogens with zero attached hydrogens (tertiary/aromatic N) is 2. The molecular formula is C15H17N3OS. The molecule has 0 unspecified atom stereocenters. The molecular weight excluding hydrogens is 270 g/mol. The van der Waals surface area contributed by atoms with Gasteiger partial charge in [-0.1, -0.05) is 26.8 Å². The summed E-state index contributed by atoms with van der Waals surface area (Å²) in [4.78, 5) is 8.78. The van der Waals surface area contributed by atoms with Gasteiger partial charge < -0.3 is 10.2 Å². The smallest absolute Gasteiger partial charge is 0.201 e. The third-order valence-electron chi connectivity index (χ3n) is 3.20. The maximum atomic E-state index is 5.76. The first kappa shape index (κ1) is 13.1. The summed E-state index contributed by atoms with van der Waals surface area (Å²) in [6.45, 7) is 6.56. The van der Waals surface area contributed by atoms with Crippen molar-refractivity contribution < 1.29 is 4.42 Å². The van der Waals surface area contributed by atoms with Crippen molar-refractivity contribution in [2.24, 2.45) is 0 Å². The van der Waals surface area contributed by atoms with Gasteiger partial charge >= 0.3 is 0 Å². The highest BCUT2D eigenvalue weighted by Crippen LogP contribution is 2.27. The van der Waals surface area contributed by atoms with Crippen LogP contribution in [-0.4, -0.2) is 9.97 Å². The summed E-state index contributed by atoms with van der Waals surface area (Å²) in [6.07, 6.45) is 0.577. The molecule has 2 N–H and O–H groups in total. The summed E-state index contributed by atoms with van der Waals surface area (Å²) in [7, 11) is 0. The van der Waals surface area contributed by atoms with Gasteiger partial charge in [0.15, 0.2) is 10.7 Å². The molecule has 20 heavy (non-hydrogen) atoms. The van der Waals surface area contributed by atoms with Crippen LogP contribution in [0.2, 0.25) is 0 Å². The Balaban J connectivity index is 1.94. The van der Waals surface area contributed by atoms with Crippen molar-refractivity contribution in [3.63, 3.8) is 0 Å². The van der Waals surface area contributed by atoms with E-state index in [0.717, 1.165) is 16.8 Å². The first-order valence-corrected chi connectivity index (χ1v) is 7.39. The quantitative estimate of drug-likeness (QED) is 0.779. The number of aromatic nitrogens is 2. The number of fused-ring (bicyclic) bond motifs is 1. The van der Waals surface area contributed by atoms with E-state index >= 15 is 0 Å². The lowest BCUT2D eigenvalue weighted by atomic mass is 9.87. The standard InChI is InChI=1S/C15H17N3OS/c1-15(2,3)9-4-5-12-11(6-9)18-13(19-12)7-10-8-20-14(16)17-10/h4-6,8H,7H2,1-3H3,(H2,16,17). The normalized spacial score (nSPS) is 12.2. The van der Waals surface area contributed by atoms with Gasteiger partial charge in [0.05, 0.1) is 12.1 Å². The molecule has 2 aromatic heterocycles. The summed E-state index contributed by atoms with van der Waals surface area (Å²) >= 11 is 1.43. The van der Waals surface area contributed by atoms with E-state index in [2.05, 4.69) is 42.9 Å². The second kappa shape index (κ2) is 4.59. The highest BCUT2D eigenvalue weighted by Gasteiger charge is 2.16. The summed E-state index contributed by atoms with van der Waals surface area (Å²) < 4.78 is 5.76. The van der Waals surface area contributed by atoms with E-state index in [-0.39, 0.29) is 5.41 Å². The van der Waals surface area contributed by atoms with Crippen LogP contribution < -0.4 is 5.73 Å². The predicted octanol–water partition coefficient (Wildman–Crippen LogP) is 3.75. The van der Waals surface area contributed by atoms with Crippen molar-refractivity contribution in [1.82, 2.24) is 9.97 Å². The van der Waals surface area contributed by atoms with Crippen LogP contribution in [0.5, 0.6) is 0 Å². The zero-order chi connectivity index (χ0) is 14.3. The Kier molecular flexibility index (Phi) is 3.01. The third kappa shape index (κ3) is 2.54. The molecule has 0 aliphatic heterocycles. The molecule has 0 bridgehead atoms. The molecule has 0 aliphatic carbocycles. The van der Waals surface area contributed by atoms with E-state index in [9.17, 15) is 0 Å². The lowest BCUT2D eigenvalue weighted by Crippen LogP contribution is -2.10. The van der Waals surface area contributed by atoms with E-state index in [1.165, 1.54) is 16.9 Å². The fourth-order valence-corrected chi connectivity index (χ4v) is 2.64. The van der Waals surface area contributed by atoms with Crippen LogP contribution >= 0.6 is 11.3 Å². The summed E-state index contributed by atoms with van der Waals surface area (Å²) in [5.41, 5.74) is 9.60. The van der Waals surface area contributed by atoms with Gasteiger partial charge in [-0.05, 0) is 23.1 Å². The minimum absolute atomic E-state index is 0.108. The third-order valence-corrected chi connectivity index (χ3v) is 3.92. The van der Waals surface area contributed by atoms with Gasteiger partial charge in [0.2, 0.25) is 5.89 Å². The summed E-state index contributed by atoms with van der Waals surface area (Å²) in [5.74, 6) is 0.677. The molecule has 3 aromatic rings. The first-order chi connectivity index (χ1) is 9.41. The molecule has 104 valence electrons. The highest BCUT2D eigenvalue weighted by atomic mass is 32.1. The van der Waals surface area contributed by atoms with Gasteiger partial charge in [-0.3, -0.25) is 0 Å². The molecule has 0 atom stereocenters. The summed E-state index contributed by atoms with van der Waals surface area (Å²) in [6, 6.07) is 6.18. The molecule has 0 spiro atoms. The second-order valence-electron chi connectivity index (χ2n) is 5.89. The lowest BCUT2D eigenvalue weighted by molar-refractivity contribution is 0.542. The number of nitrogens with two attached hydrogens (primary N) is 1. The van der Waals surface area contributed by atoms with E-state index in [1.807, 2.05) is 11.4 Å². The van der Waals surface area contributed by atoms with Gasteiger partial charge in [0.25, 0.3) is 0 Å². The number of anilines is 1. The van der Waals surface area contributed by atoms with Gasteiger partial charge in [-0.2, -0.15) is 0 Å². The van der Waals surface area contributed by atoms with E-state index in [0.29, 0.717) is 17.4 Å². The van der Waals surface area contributed by atoms with Crippen LogP contribution in [-0.2, 0) is 11.8 Å². The summed E-state index contributed by atoms with van der Waals surface area (Å²) in [5, 5.41) is 2.51. The molecule has 5 heteroatoms. The molecule has 0 aliphatic rings. The number of thiazole rings is 1. The van der Waals surface area contributed by atoms with Gasteiger partial charge in [0.1, 0.15) is 5.52 Å². The molecule has 2 heterocycles. The second-order valence-corrected chi connectivity index (χ2v) is 6.78. The van der Waals surface area contributed by atoms with Crippen molar-refractivity contribution in [2.75, 3.05) is 5.73 Å². The number of nitrogen functional groups attached to an aromatic ring is 1. The zero-order valence-electron chi connectivity index (χ0n) is 11.8. The molecule has 0 saturated heterocycles. The van der Waals surface area contributed by atoms with Crippen LogP contribution in [0.3, 0.4) is 0 Å². The molecule has 0 radical (unpaired) electrons. The Morgan fingerprint density at radius 3 is 2.70 bits per heavy atom. The van der Waals surface area contributed by atoms with Gasteiger partial charge in [-0.25, -0.2) is 9.97 Å².